The fourth-order valence-corrected chi connectivity index (χ4v) is 3.18. The van der Waals surface area contributed by atoms with Crippen LogP contribution in [0.25, 0.3) is 0 Å². The Morgan fingerprint density at radius 1 is 1.36 bits per heavy atom. The molecule has 0 saturated carbocycles. The van der Waals surface area contributed by atoms with Crippen LogP contribution in [0.4, 0.5) is 18.9 Å². The molecule has 4 nitrogen and oxygen atoms in total. The van der Waals surface area contributed by atoms with Gasteiger partial charge < -0.3 is 9.64 Å². The molecule has 0 aliphatic carbocycles. The summed E-state index contributed by atoms with van der Waals surface area (Å²) in [5, 5.41) is -0.369. The average Bonchev–Trinajstić information content (AvgIpc) is 2.77. The van der Waals surface area contributed by atoms with E-state index in [1.807, 2.05) is 0 Å². The number of nitrogens with zero attached hydrogens (tertiary/aromatic N) is 1. The maximum Gasteiger partial charge on any atom is 0.416 e. The first-order valence-corrected chi connectivity index (χ1v) is 7.32. The van der Waals surface area contributed by atoms with Gasteiger partial charge in [0.15, 0.2) is 5.12 Å². The Morgan fingerprint density at radius 2 is 2.05 bits per heavy atom. The third-order valence-electron chi connectivity index (χ3n) is 3.19. The molecular weight excluding hydrogens is 319 g/mol. The van der Waals surface area contributed by atoms with E-state index in [4.69, 9.17) is 4.74 Å². The van der Waals surface area contributed by atoms with Gasteiger partial charge in [0.05, 0.1) is 12.7 Å². The molecule has 2 rings (SSSR count). The number of anilines is 1. The third kappa shape index (κ3) is 3.73. The highest BCUT2D eigenvalue weighted by molar-refractivity contribution is 8.14. The van der Waals surface area contributed by atoms with Crippen LogP contribution in [0.3, 0.4) is 0 Å². The van der Waals surface area contributed by atoms with Crippen molar-refractivity contribution in [3.63, 3.8) is 0 Å². The maximum atomic E-state index is 12.9. The molecule has 0 N–H and O–H groups in total. The molecule has 1 amide bonds. The molecule has 0 radical (unpaired) electrons. The molecule has 120 valence electrons. The molecule has 1 unspecified atom stereocenters. The zero-order valence-corrected chi connectivity index (χ0v) is 12.8. The summed E-state index contributed by atoms with van der Waals surface area (Å²) in [6.07, 6.45) is -4.40. The van der Waals surface area contributed by atoms with E-state index < -0.39 is 11.7 Å². The summed E-state index contributed by atoms with van der Waals surface area (Å²) in [5.74, 6) is -0.277. The zero-order valence-electron chi connectivity index (χ0n) is 11.9. The number of carbonyl (C=O) groups excluding carboxylic acids is 2. The highest BCUT2D eigenvalue weighted by Crippen LogP contribution is 2.37. The quantitative estimate of drug-likeness (QED) is 0.853. The van der Waals surface area contributed by atoms with E-state index in [0.29, 0.717) is 0 Å². The molecule has 0 aromatic heterocycles. The molecular formula is C14H14F3NO3S. The van der Waals surface area contributed by atoms with Crippen LogP contribution in [0.5, 0.6) is 5.75 Å². The van der Waals surface area contributed by atoms with E-state index in [0.717, 1.165) is 23.9 Å². The third-order valence-corrected chi connectivity index (χ3v) is 4.17. The van der Waals surface area contributed by atoms with Crippen molar-refractivity contribution in [1.29, 1.82) is 0 Å². The number of amides is 1. The van der Waals surface area contributed by atoms with Crippen LogP contribution in [0.15, 0.2) is 18.2 Å². The van der Waals surface area contributed by atoms with Gasteiger partial charge in [-0.15, -0.1) is 0 Å². The fourth-order valence-electron chi connectivity index (χ4n) is 2.26. The van der Waals surface area contributed by atoms with Crippen LogP contribution < -0.4 is 9.64 Å². The predicted octanol–water partition coefficient (Wildman–Crippen LogP) is 3.10. The van der Waals surface area contributed by atoms with Crippen molar-refractivity contribution in [3.8, 4) is 5.75 Å². The second-order valence-electron chi connectivity index (χ2n) is 4.86. The smallest absolute Gasteiger partial charge is 0.416 e. The Balaban J connectivity index is 2.32. The van der Waals surface area contributed by atoms with Crippen molar-refractivity contribution in [1.82, 2.24) is 0 Å². The number of hydrogen-bond acceptors (Lipinski definition) is 4. The van der Waals surface area contributed by atoms with E-state index >= 15 is 0 Å². The van der Waals surface area contributed by atoms with Crippen LogP contribution in [-0.4, -0.2) is 29.9 Å². The highest BCUT2D eigenvalue weighted by atomic mass is 32.2. The zero-order chi connectivity index (χ0) is 16.5. The fraction of sp³-hybridized carbons (Fsp3) is 0.429. The van der Waals surface area contributed by atoms with Gasteiger partial charge in [0, 0.05) is 36.9 Å². The molecule has 1 fully saturated rings. The minimum Gasteiger partial charge on any atom is -0.497 e. The summed E-state index contributed by atoms with van der Waals surface area (Å²) in [6.45, 7) is 1.60. The van der Waals surface area contributed by atoms with Crippen LogP contribution in [0, 0.1) is 0 Å². The standard InChI is InChI=1S/C14H14F3NO3S/c1-8(19)22-12-6-13(20)18(7-12)10-3-9(14(15,16)17)4-11(5-10)21-2/h3-5,12H,6-7H2,1-2H3. The van der Waals surface area contributed by atoms with Gasteiger partial charge >= 0.3 is 6.18 Å². The van der Waals surface area contributed by atoms with Crippen molar-refractivity contribution >= 4 is 28.5 Å². The van der Waals surface area contributed by atoms with E-state index in [2.05, 4.69) is 0 Å². The second-order valence-corrected chi connectivity index (χ2v) is 6.33. The van der Waals surface area contributed by atoms with Crippen LogP contribution in [-0.2, 0) is 15.8 Å². The molecule has 1 aliphatic rings. The van der Waals surface area contributed by atoms with E-state index in [1.165, 1.54) is 25.0 Å². The van der Waals surface area contributed by atoms with Crippen molar-refractivity contribution in [2.45, 2.75) is 24.8 Å². The first-order valence-electron chi connectivity index (χ1n) is 6.44. The summed E-state index contributed by atoms with van der Waals surface area (Å²) < 4.78 is 43.6. The minimum absolute atomic E-state index is 0.0281. The minimum atomic E-state index is -4.53. The van der Waals surface area contributed by atoms with Gasteiger partial charge in [0.1, 0.15) is 5.75 Å². The molecule has 0 bridgehead atoms. The number of alkyl halides is 3. The number of hydrogen-bond donors (Lipinski definition) is 0. The van der Waals surface area contributed by atoms with Crippen molar-refractivity contribution < 1.29 is 27.5 Å². The molecule has 1 aliphatic heterocycles. The summed E-state index contributed by atoms with van der Waals surface area (Å²) in [4.78, 5) is 24.4. The Morgan fingerprint density at radius 3 is 2.59 bits per heavy atom. The summed E-state index contributed by atoms with van der Waals surface area (Å²) >= 11 is 1.03. The topological polar surface area (TPSA) is 46.6 Å². The first kappa shape index (κ1) is 16.7. The molecule has 1 aromatic rings. The summed E-state index contributed by atoms with van der Waals surface area (Å²) in [5.41, 5.74) is -0.749. The predicted molar refractivity (Wildman–Crippen MR) is 77.0 cm³/mol. The number of carbonyl (C=O) groups is 2. The van der Waals surface area contributed by atoms with Crippen molar-refractivity contribution in [2.75, 3.05) is 18.6 Å². The molecule has 1 saturated heterocycles. The Kier molecular flexibility index (Phi) is 4.69. The number of thioether (sulfide) groups is 1. The molecule has 22 heavy (non-hydrogen) atoms. The lowest BCUT2D eigenvalue weighted by atomic mass is 10.1. The van der Waals surface area contributed by atoms with Gasteiger partial charge in [-0.1, -0.05) is 11.8 Å². The number of ether oxygens (including phenoxy) is 1. The van der Waals surface area contributed by atoms with E-state index in [9.17, 15) is 22.8 Å². The van der Waals surface area contributed by atoms with Gasteiger partial charge in [-0.2, -0.15) is 13.2 Å². The lowest BCUT2D eigenvalue weighted by molar-refractivity contribution is -0.137. The van der Waals surface area contributed by atoms with Crippen molar-refractivity contribution in [2.24, 2.45) is 0 Å². The number of halogens is 3. The lowest BCUT2D eigenvalue weighted by Gasteiger charge is -2.19. The second kappa shape index (κ2) is 6.20. The summed E-state index contributed by atoms with van der Waals surface area (Å²) in [7, 11) is 1.26. The Hall–Kier alpha value is -1.70. The monoisotopic (exact) mass is 333 g/mol. The number of methoxy groups -OCH3 is 1. The van der Waals surface area contributed by atoms with Gasteiger partial charge in [-0.25, -0.2) is 0 Å². The number of rotatable bonds is 3. The SMILES string of the molecule is COc1cc(N2CC(SC(C)=O)CC2=O)cc(C(F)(F)F)c1. The Bertz CT molecular complexity index is 603. The number of benzene rings is 1. The average molecular weight is 333 g/mol. The van der Waals surface area contributed by atoms with Crippen LogP contribution in [0.1, 0.15) is 18.9 Å². The van der Waals surface area contributed by atoms with E-state index in [1.54, 1.807) is 0 Å². The maximum absolute atomic E-state index is 12.9. The van der Waals surface area contributed by atoms with E-state index in [-0.39, 0.29) is 40.7 Å². The van der Waals surface area contributed by atoms with Gasteiger partial charge in [-0.05, 0) is 12.1 Å². The highest BCUT2D eigenvalue weighted by Gasteiger charge is 2.35. The first-order chi connectivity index (χ1) is 10.2. The lowest BCUT2D eigenvalue weighted by Crippen LogP contribution is -2.25. The summed E-state index contributed by atoms with van der Waals surface area (Å²) in [6, 6.07) is 3.18. The van der Waals surface area contributed by atoms with Crippen molar-refractivity contribution in [3.05, 3.63) is 23.8 Å². The van der Waals surface area contributed by atoms with Gasteiger partial charge in [-0.3, -0.25) is 9.59 Å². The van der Waals surface area contributed by atoms with Crippen LogP contribution >= 0.6 is 11.8 Å². The molecule has 1 atom stereocenters. The normalized spacial score (nSPS) is 18.7. The molecule has 0 spiro atoms. The molecule has 1 heterocycles. The van der Waals surface area contributed by atoms with Gasteiger partial charge in [0.2, 0.25) is 5.91 Å². The molecule has 1 aromatic carbocycles. The van der Waals surface area contributed by atoms with Gasteiger partial charge in [0.25, 0.3) is 0 Å². The van der Waals surface area contributed by atoms with Crippen LogP contribution in [0.2, 0.25) is 0 Å². The molecule has 8 heteroatoms. The largest absolute Gasteiger partial charge is 0.497 e. The Labute approximate surface area is 129 Å².